The molecular weight excluding hydrogens is 262 g/mol. The predicted molar refractivity (Wildman–Crippen MR) is 79.2 cm³/mol. The quantitative estimate of drug-likeness (QED) is 0.895. The second-order valence-electron chi connectivity index (χ2n) is 5.40. The lowest BCUT2D eigenvalue weighted by molar-refractivity contribution is 0.149. The third kappa shape index (κ3) is 4.44. The van der Waals surface area contributed by atoms with Crippen LogP contribution in [0.1, 0.15) is 38.9 Å². The number of aromatic nitrogens is 3. The molecule has 1 aromatic heterocycles. The molecule has 0 bridgehead atoms. The van der Waals surface area contributed by atoms with Crippen LogP contribution in [0, 0.1) is 5.92 Å². The zero-order valence-electron chi connectivity index (χ0n) is 12.0. The van der Waals surface area contributed by atoms with Crippen molar-refractivity contribution in [2.45, 2.75) is 52.2 Å². The van der Waals surface area contributed by atoms with Crippen LogP contribution in [-0.2, 0) is 13.1 Å². The van der Waals surface area contributed by atoms with Gasteiger partial charge in [-0.15, -0.1) is 12.4 Å². The minimum absolute atomic E-state index is 0. The SMILES string of the molecule is CCCn1ncnc1CN1CCCC(C(C)N)C1.Cl. The van der Waals surface area contributed by atoms with Gasteiger partial charge < -0.3 is 5.73 Å². The standard InChI is InChI=1S/C13H25N5.ClH/c1-3-6-18-13(15-10-16-18)9-17-7-4-5-12(8-17)11(2)14;/h10-12H,3-9,14H2,1-2H3;1H. The number of hydrogen-bond donors (Lipinski definition) is 1. The van der Waals surface area contributed by atoms with Crippen molar-refractivity contribution in [1.82, 2.24) is 19.7 Å². The van der Waals surface area contributed by atoms with Gasteiger partial charge in [-0.25, -0.2) is 9.67 Å². The van der Waals surface area contributed by atoms with E-state index in [4.69, 9.17) is 5.73 Å². The van der Waals surface area contributed by atoms with E-state index in [1.54, 1.807) is 6.33 Å². The smallest absolute Gasteiger partial charge is 0.141 e. The van der Waals surface area contributed by atoms with E-state index in [2.05, 4.69) is 28.8 Å². The fraction of sp³-hybridized carbons (Fsp3) is 0.846. The van der Waals surface area contributed by atoms with E-state index in [9.17, 15) is 0 Å². The van der Waals surface area contributed by atoms with Gasteiger partial charge in [0.15, 0.2) is 0 Å². The second-order valence-corrected chi connectivity index (χ2v) is 5.40. The fourth-order valence-electron chi connectivity index (χ4n) is 2.67. The minimum atomic E-state index is 0. The summed E-state index contributed by atoms with van der Waals surface area (Å²) in [6.07, 6.45) is 5.26. The highest BCUT2D eigenvalue weighted by Gasteiger charge is 2.23. The van der Waals surface area contributed by atoms with E-state index in [0.29, 0.717) is 12.0 Å². The van der Waals surface area contributed by atoms with Gasteiger partial charge >= 0.3 is 0 Å². The number of hydrogen-bond acceptors (Lipinski definition) is 4. The van der Waals surface area contributed by atoms with Crippen molar-refractivity contribution in [1.29, 1.82) is 0 Å². The molecule has 0 saturated carbocycles. The maximum atomic E-state index is 6.02. The first-order valence-electron chi connectivity index (χ1n) is 7.05. The van der Waals surface area contributed by atoms with Crippen molar-refractivity contribution in [3.05, 3.63) is 12.2 Å². The van der Waals surface area contributed by atoms with Crippen molar-refractivity contribution >= 4 is 12.4 Å². The van der Waals surface area contributed by atoms with Crippen molar-refractivity contribution in [3.8, 4) is 0 Å². The molecule has 0 aromatic carbocycles. The number of aryl methyl sites for hydroxylation is 1. The van der Waals surface area contributed by atoms with Gasteiger partial charge in [-0.1, -0.05) is 6.92 Å². The molecule has 1 aromatic rings. The summed E-state index contributed by atoms with van der Waals surface area (Å²) < 4.78 is 2.02. The molecule has 110 valence electrons. The zero-order chi connectivity index (χ0) is 13.0. The Kier molecular flexibility index (Phi) is 6.75. The van der Waals surface area contributed by atoms with Crippen LogP contribution in [0.4, 0.5) is 0 Å². The Morgan fingerprint density at radius 1 is 1.53 bits per heavy atom. The Morgan fingerprint density at radius 3 is 3.00 bits per heavy atom. The molecule has 0 spiro atoms. The molecule has 1 aliphatic rings. The number of likely N-dealkylation sites (tertiary alicyclic amines) is 1. The second kappa shape index (κ2) is 7.82. The van der Waals surface area contributed by atoms with E-state index in [1.165, 1.54) is 12.8 Å². The highest BCUT2D eigenvalue weighted by molar-refractivity contribution is 5.85. The lowest BCUT2D eigenvalue weighted by Gasteiger charge is -2.34. The number of rotatable bonds is 5. The average molecular weight is 288 g/mol. The average Bonchev–Trinajstić information content (AvgIpc) is 2.77. The summed E-state index contributed by atoms with van der Waals surface area (Å²) in [6, 6.07) is 0.293. The van der Waals surface area contributed by atoms with Gasteiger partial charge in [0.1, 0.15) is 12.2 Å². The van der Waals surface area contributed by atoms with Gasteiger partial charge in [-0.05, 0) is 38.6 Å². The third-order valence-electron chi connectivity index (χ3n) is 3.78. The molecule has 1 fully saturated rings. The molecule has 1 aliphatic heterocycles. The Hall–Kier alpha value is -0.650. The van der Waals surface area contributed by atoms with Crippen LogP contribution >= 0.6 is 12.4 Å². The molecule has 19 heavy (non-hydrogen) atoms. The molecule has 0 radical (unpaired) electrons. The van der Waals surface area contributed by atoms with Gasteiger partial charge in [-0.2, -0.15) is 5.10 Å². The zero-order valence-corrected chi connectivity index (χ0v) is 12.8. The van der Waals surface area contributed by atoms with Crippen molar-refractivity contribution in [2.75, 3.05) is 13.1 Å². The molecule has 0 amide bonds. The van der Waals surface area contributed by atoms with E-state index < -0.39 is 0 Å². The molecule has 2 atom stereocenters. The summed E-state index contributed by atoms with van der Waals surface area (Å²) in [5, 5.41) is 4.28. The molecule has 5 nitrogen and oxygen atoms in total. The molecule has 1 saturated heterocycles. The Balaban J connectivity index is 0.00000180. The summed E-state index contributed by atoms with van der Waals surface area (Å²) >= 11 is 0. The predicted octanol–water partition coefficient (Wildman–Crippen LogP) is 1.67. The van der Waals surface area contributed by atoms with Crippen molar-refractivity contribution in [3.63, 3.8) is 0 Å². The van der Waals surface area contributed by atoms with Gasteiger partial charge in [0.2, 0.25) is 0 Å². The number of nitrogens with two attached hydrogens (primary N) is 1. The van der Waals surface area contributed by atoms with E-state index >= 15 is 0 Å². The van der Waals surface area contributed by atoms with E-state index in [0.717, 1.165) is 38.4 Å². The van der Waals surface area contributed by atoms with Crippen LogP contribution in [0.25, 0.3) is 0 Å². The van der Waals surface area contributed by atoms with Crippen LogP contribution in [0.3, 0.4) is 0 Å². The lowest BCUT2D eigenvalue weighted by atomic mass is 9.92. The van der Waals surface area contributed by atoms with Crippen molar-refractivity contribution in [2.24, 2.45) is 11.7 Å². The maximum Gasteiger partial charge on any atom is 0.141 e. The Bertz CT molecular complexity index is 366. The first kappa shape index (κ1) is 16.4. The van der Waals surface area contributed by atoms with Crippen LogP contribution in [0.15, 0.2) is 6.33 Å². The Morgan fingerprint density at radius 2 is 2.32 bits per heavy atom. The molecular formula is C13H26ClN5. The summed E-state index contributed by atoms with van der Waals surface area (Å²) in [5.74, 6) is 1.71. The van der Waals surface area contributed by atoms with Crippen molar-refractivity contribution < 1.29 is 0 Å². The summed E-state index contributed by atoms with van der Waals surface area (Å²) in [4.78, 5) is 6.84. The molecule has 2 heterocycles. The van der Waals surface area contributed by atoms with Gasteiger partial charge in [0, 0.05) is 19.1 Å². The Labute approximate surface area is 122 Å². The first-order valence-corrected chi connectivity index (χ1v) is 7.05. The largest absolute Gasteiger partial charge is 0.328 e. The molecule has 2 unspecified atom stereocenters. The molecule has 2 rings (SSSR count). The van der Waals surface area contributed by atoms with Crippen LogP contribution < -0.4 is 5.73 Å². The minimum Gasteiger partial charge on any atom is -0.328 e. The highest BCUT2D eigenvalue weighted by Crippen LogP contribution is 2.20. The van der Waals surface area contributed by atoms with E-state index in [1.807, 2.05) is 4.68 Å². The van der Waals surface area contributed by atoms with Gasteiger partial charge in [0.05, 0.1) is 6.54 Å². The molecule has 6 heteroatoms. The number of halogens is 1. The van der Waals surface area contributed by atoms with E-state index in [-0.39, 0.29) is 12.4 Å². The van der Waals surface area contributed by atoms with Crippen LogP contribution in [0.2, 0.25) is 0 Å². The number of piperidine rings is 1. The highest BCUT2D eigenvalue weighted by atomic mass is 35.5. The number of nitrogens with zero attached hydrogens (tertiary/aromatic N) is 4. The normalized spacial score (nSPS) is 21.9. The topological polar surface area (TPSA) is 60.0 Å². The summed E-state index contributed by atoms with van der Waals surface area (Å²) in [6.45, 7) is 8.40. The fourth-order valence-corrected chi connectivity index (χ4v) is 2.67. The molecule has 2 N–H and O–H groups in total. The van der Waals surface area contributed by atoms with Gasteiger partial charge in [-0.3, -0.25) is 4.90 Å². The summed E-state index contributed by atoms with van der Waals surface area (Å²) in [5.41, 5.74) is 6.02. The van der Waals surface area contributed by atoms with Crippen LogP contribution in [-0.4, -0.2) is 38.8 Å². The molecule has 0 aliphatic carbocycles. The summed E-state index contributed by atoms with van der Waals surface area (Å²) in [7, 11) is 0. The third-order valence-corrected chi connectivity index (χ3v) is 3.78. The monoisotopic (exact) mass is 287 g/mol. The first-order chi connectivity index (χ1) is 8.70. The van der Waals surface area contributed by atoms with Gasteiger partial charge in [0.25, 0.3) is 0 Å². The lowest BCUT2D eigenvalue weighted by Crippen LogP contribution is -2.42. The van der Waals surface area contributed by atoms with Crippen LogP contribution in [0.5, 0.6) is 0 Å². The maximum absolute atomic E-state index is 6.02.